The summed E-state index contributed by atoms with van der Waals surface area (Å²) in [6.45, 7) is 0. The first-order valence-corrected chi connectivity index (χ1v) is 11.7. The lowest BCUT2D eigenvalue weighted by Crippen LogP contribution is -2.19. The molecule has 1 aliphatic rings. The molecule has 1 fully saturated rings. The van der Waals surface area contributed by atoms with E-state index in [1.165, 1.54) is 18.2 Å². The summed E-state index contributed by atoms with van der Waals surface area (Å²) >= 11 is 24.3. The Kier molecular flexibility index (Phi) is 7.18. The third-order valence-electron chi connectivity index (χ3n) is 5.82. The van der Waals surface area contributed by atoms with Crippen LogP contribution in [0.5, 0.6) is 0 Å². The Balaban J connectivity index is 1.57. The van der Waals surface area contributed by atoms with Gasteiger partial charge in [-0.1, -0.05) is 35.3 Å². The highest BCUT2D eigenvalue weighted by Crippen LogP contribution is 2.65. The van der Waals surface area contributed by atoms with Crippen LogP contribution in [0.3, 0.4) is 0 Å². The van der Waals surface area contributed by atoms with Gasteiger partial charge in [0, 0.05) is 12.3 Å². The minimum absolute atomic E-state index is 0.186. The number of halogens is 8. The maximum absolute atomic E-state index is 15.3. The van der Waals surface area contributed by atoms with Crippen LogP contribution >= 0.6 is 46.4 Å². The number of hydrogen-bond donors (Lipinski definition) is 2. The number of Topliss-reactive ketones (excluding diaryl/α,β-unsaturated/α-hetero) is 1. The van der Waals surface area contributed by atoms with E-state index in [2.05, 4.69) is 5.32 Å². The predicted molar refractivity (Wildman–Crippen MR) is 131 cm³/mol. The molecule has 0 radical (unpaired) electrons. The van der Waals surface area contributed by atoms with Gasteiger partial charge >= 0.3 is 0 Å². The molecule has 3 N–H and O–H groups in total. The highest BCUT2D eigenvalue weighted by atomic mass is 35.5. The zero-order valence-electron chi connectivity index (χ0n) is 17.8. The Morgan fingerprint density at radius 3 is 2.25 bits per heavy atom. The van der Waals surface area contributed by atoms with Crippen molar-refractivity contribution in [1.82, 2.24) is 0 Å². The van der Waals surface area contributed by atoms with Crippen molar-refractivity contribution in [3.8, 4) is 0 Å². The molecule has 4 rings (SSSR count). The van der Waals surface area contributed by atoms with Gasteiger partial charge in [-0.05, 0) is 41.5 Å². The molecule has 3 aromatic carbocycles. The Labute approximate surface area is 222 Å². The summed E-state index contributed by atoms with van der Waals surface area (Å²) < 4.78 is 54.8. The van der Waals surface area contributed by atoms with Crippen LogP contribution in [0, 0.1) is 29.2 Å². The highest BCUT2D eigenvalue weighted by Gasteiger charge is 2.67. The number of rotatable bonds is 6. The number of ketones is 1. The summed E-state index contributed by atoms with van der Waals surface area (Å²) in [7, 11) is 0. The molecular formula is C24H14Cl4F4N2O2. The molecule has 1 aliphatic carbocycles. The number of benzene rings is 3. The fourth-order valence-corrected chi connectivity index (χ4v) is 5.17. The molecule has 0 spiro atoms. The lowest BCUT2D eigenvalue weighted by atomic mass is 10.0. The number of hydrogen-bond acceptors (Lipinski definition) is 3. The van der Waals surface area contributed by atoms with Gasteiger partial charge in [0.2, 0.25) is 5.91 Å². The molecule has 3 aromatic rings. The summed E-state index contributed by atoms with van der Waals surface area (Å²) in [5, 5.41) is 1.85. The van der Waals surface area contributed by atoms with Crippen molar-refractivity contribution >= 4 is 69.5 Å². The molecular weight excluding hydrogens is 566 g/mol. The van der Waals surface area contributed by atoms with Crippen LogP contribution in [0.25, 0.3) is 0 Å². The van der Waals surface area contributed by atoms with Crippen molar-refractivity contribution in [3.63, 3.8) is 0 Å². The molecule has 0 aromatic heterocycles. The van der Waals surface area contributed by atoms with E-state index in [0.29, 0.717) is 5.56 Å². The Morgan fingerprint density at radius 1 is 0.917 bits per heavy atom. The van der Waals surface area contributed by atoms with E-state index in [1.54, 1.807) is 0 Å². The molecule has 4 nitrogen and oxygen atoms in total. The van der Waals surface area contributed by atoms with Gasteiger partial charge in [-0.15, -0.1) is 23.2 Å². The molecule has 0 saturated heterocycles. The van der Waals surface area contributed by atoms with E-state index in [-0.39, 0.29) is 15.6 Å². The maximum Gasteiger partial charge on any atom is 0.231 e. The summed E-state index contributed by atoms with van der Waals surface area (Å²) in [5.41, 5.74) is 3.64. The van der Waals surface area contributed by atoms with E-state index in [4.69, 9.17) is 52.1 Å². The number of amides is 1. The fourth-order valence-electron chi connectivity index (χ4n) is 3.90. The Bertz CT molecular complexity index is 1420. The molecule has 0 unspecified atom stereocenters. The summed E-state index contributed by atoms with van der Waals surface area (Å²) in [5.74, 6) is -7.52. The third-order valence-corrected chi connectivity index (χ3v) is 7.37. The number of nitrogens with one attached hydrogen (secondary N) is 1. The number of carbonyl (C=O) groups is 2. The van der Waals surface area contributed by atoms with Crippen LogP contribution in [-0.4, -0.2) is 16.0 Å². The summed E-state index contributed by atoms with van der Waals surface area (Å²) in [4.78, 5) is 25.6. The van der Waals surface area contributed by atoms with Crippen LogP contribution < -0.4 is 11.1 Å². The number of nitrogens with two attached hydrogens (primary N) is 1. The molecule has 0 bridgehead atoms. The van der Waals surface area contributed by atoms with Crippen LogP contribution in [-0.2, 0) is 11.2 Å². The van der Waals surface area contributed by atoms with Crippen molar-refractivity contribution in [1.29, 1.82) is 0 Å². The van der Waals surface area contributed by atoms with Crippen LogP contribution in [0.2, 0.25) is 10.0 Å². The van der Waals surface area contributed by atoms with E-state index < -0.39 is 74.5 Å². The monoisotopic (exact) mass is 578 g/mol. The number of alkyl halides is 2. The molecule has 1 amide bonds. The minimum Gasteiger partial charge on any atom is -0.394 e. The molecule has 0 heterocycles. The standard InChI is InChI=1S/C24H14Cl4F4N2O2/c25-11-3-6-15(21(32)17(11)16(35)8-10-2-5-14(30)22(33)20(10)31)34-23(36)19-18(24(19,27)28)9-1-4-13(29)12(26)7-9/h1-7,18-19H,8,33H2,(H,34,36)/t18-,19+/m0/s1. The van der Waals surface area contributed by atoms with Gasteiger partial charge in [0.25, 0.3) is 0 Å². The first-order chi connectivity index (χ1) is 16.8. The number of nitrogen functional groups attached to an aromatic ring is 1. The molecule has 36 heavy (non-hydrogen) atoms. The topological polar surface area (TPSA) is 72.2 Å². The Morgan fingerprint density at radius 2 is 1.58 bits per heavy atom. The zero-order chi connectivity index (χ0) is 26.5. The SMILES string of the molecule is Nc1c(F)ccc(CC(=O)c2c(Cl)ccc(NC(=O)[C@H]3[C@H](c4ccc(F)c(Cl)c4)C3(Cl)Cl)c2F)c1F. The second kappa shape index (κ2) is 9.74. The van der Waals surface area contributed by atoms with Crippen molar-refractivity contribution in [3.05, 3.63) is 92.5 Å². The zero-order valence-corrected chi connectivity index (χ0v) is 20.8. The lowest BCUT2D eigenvalue weighted by molar-refractivity contribution is -0.117. The van der Waals surface area contributed by atoms with Gasteiger partial charge in [-0.25, -0.2) is 17.6 Å². The first-order valence-electron chi connectivity index (χ1n) is 10.2. The van der Waals surface area contributed by atoms with Crippen molar-refractivity contribution in [2.24, 2.45) is 5.92 Å². The second-order valence-corrected chi connectivity index (χ2v) is 10.4. The van der Waals surface area contributed by atoms with Gasteiger partial charge in [0.05, 0.1) is 27.2 Å². The third kappa shape index (κ3) is 4.75. The van der Waals surface area contributed by atoms with Gasteiger partial charge in [-0.3, -0.25) is 9.59 Å². The predicted octanol–water partition coefficient (Wildman–Crippen LogP) is 7.08. The molecule has 1 saturated carbocycles. The highest BCUT2D eigenvalue weighted by molar-refractivity contribution is 6.53. The second-order valence-electron chi connectivity index (χ2n) is 8.11. The Hall–Kier alpha value is -2.52. The van der Waals surface area contributed by atoms with Gasteiger partial charge in [0.15, 0.2) is 17.4 Å². The van der Waals surface area contributed by atoms with Crippen LogP contribution in [0.1, 0.15) is 27.4 Å². The average molecular weight is 580 g/mol. The summed E-state index contributed by atoms with van der Waals surface area (Å²) in [6, 6.07) is 7.94. The van der Waals surface area contributed by atoms with Crippen LogP contribution in [0.15, 0.2) is 42.5 Å². The quantitative estimate of drug-likeness (QED) is 0.142. The molecule has 188 valence electrons. The summed E-state index contributed by atoms with van der Waals surface area (Å²) in [6.07, 6.45) is -0.674. The van der Waals surface area contributed by atoms with E-state index >= 15 is 4.39 Å². The van der Waals surface area contributed by atoms with Gasteiger partial charge < -0.3 is 11.1 Å². The lowest BCUT2D eigenvalue weighted by Gasteiger charge is -2.12. The minimum atomic E-state index is -1.58. The number of carbonyl (C=O) groups excluding carboxylic acids is 2. The first kappa shape index (κ1) is 26.5. The smallest absolute Gasteiger partial charge is 0.231 e. The van der Waals surface area contributed by atoms with Crippen molar-refractivity contribution < 1.29 is 27.2 Å². The molecule has 0 aliphatic heterocycles. The van der Waals surface area contributed by atoms with E-state index in [1.807, 2.05) is 0 Å². The van der Waals surface area contributed by atoms with Gasteiger partial charge in [-0.2, -0.15) is 0 Å². The van der Waals surface area contributed by atoms with Crippen molar-refractivity contribution in [2.45, 2.75) is 16.7 Å². The van der Waals surface area contributed by atoms with E-state index in [0.717, 1.165) is 24.3 Å². The van der Waals surface area contributed by atoms with E-state index in [9.17, 15) is 22.8 Å². The van der Waals surface area contributed by atoms with Crippen molar-refractivity contribution in [2.75, 3.05) is 11.1 Å². The molecule has 2 atom stereocenters. The normalized spacial score (nSPS) is 18.1. The number of anilines is 2. The van der Waals surface area contributed by atoms with Crippen LogP contribution in [0.4, 0.5) is 28.9 Å². The largest absolute Gasteiger partial charge is 0.394 e. The molecule has 12 heteroatoms. The fraction of sp³-hybridized carbons (Fsp3) is 0.167. The average Bonchev–Trinajstić information content (AvgIpc) is 3.40. The maximum atomic E-state index is 15.3. The van der Waals surface area contributed by atoms with Gasteiger partial charge in [0.1, 0.15) is 21.7 Å².